The van der Waals surface area contributed by atoms with Gasteiger partial charge in [-0.05, 0) is 81.4 Å². The number of benzene rings is 1. The molecule has 1 atom stereocenters. The number of amides is 1. The number of guanidine groups is 1. The summed E-state index contributed by atoms with van der Waals surface area (Å²) in [5.74, 6) is 0.0469. The summed E-state index contributed by atoms with van der Waals surface area (Å²) in [6.07, 6.45) is 6.60. The van der Waals surface area contributed by atoms with Crippen LogP contribution in [0.25, 0.3) is 0 Å². The van der Waals surface area contributed by atoms with E-state index in [1.54, 1.807) is 21.0 Å². The SMILES string of the molecule is COC1CCC2(CC1)Cc1ccc(C3CC3)cc1C21N=C(N)N(CC(=O)OC(C)C)C1=O. The molecule has 2 saturated carbocycles. The number of nitrogens with two attached hydrogens (primary N) is 1. The summed E-state index contributed by atoms with van der Waals surface area (Å²) >= 11 is 0. The highest BCUT2D eigenvalue weighted by atomic mass is 16.5. The maximum atomic E-state index is 14.1. The van der Waals surface area contributed by atoms with E-state index in [4.69, 9.17) is 20.2 Å². The molecular formula is C25H33N3O4. The number of carbonyl (C=O) groups is 2. The van der Waals surface area contributed by atoms with E-state index in [9.17, 15) is 9.59 Å². The summed E-state index contributed by atoms with van der Waals surface area (Å²) in [6, 6.07) is 6.61. The average molecular weight is 440 g/mol. The highest BCUT2D eigenvalue weighted by Crippen LogP contribution is 2.62. The highest BCUT2D eigenvalue weighted by molar-refractivity contribution is 6.10. The number of esters is 1. The fraction of sp³-hybridized carbons (Fsp3) is 0.640. The molecule has 2 N–H and O–H groups in total. The van der Waals surface area contributed by atoms with E-state index < -0.39 is 11.5 Å². The zero-order valence-corrected chi connectivity index (χ0v) is 19.2. The zero-order chi connectivity index (χ0) is 22.7. The molecule has 7 heteroatoms. The topological polar surface area (TPSA) is 94.2 Å². The summed E-state index contributed by atoms with van der Waals surface area (Å²) in [6.45, 7) is 3.37. The molecule has 3 aliphatic carbocycles. The van der Waals surface area contributed by atoms with Crippen LogP contribution in [0.5, 0.6) is 0 Å². The van der Waals surface area contributed by atoms with E-state index in [2.05, 4.69) is 18.2 Å². The standard InChI is InChI=1S/C25H33N3O4/c1-15(2)32-21(29)14-28-22(30)25(27-23(28)26)20-12-17(16-4-5-16)6-7-18(20)13-24(25)10-8-19(31-3)9-11-24/h6-7,12,15-16,19H,4-5,8-11,13-14H2,1-3H3,(H2,26,27). The van der Waals surface area contributed by atoms with Crippen LogP contribution in [0.15, 0.2) is 23.2 Å². The zero-order valence-electron chi connectivity index (χ0n) is 19.2. The minimum Gasteiger partial charge on any atom is -0.462 e. The smallest absolute Gasteiger partial charge is 0.326 e. The molecule has 1 unspecified atom stereocenters. The monoisotopic (exact) mass is 439 g/mol. The Bertz CT molecular complexity index is 975. The van der Waals surface area contributed by atoms with Gasteiger partial charge in [-0.15, -0.1) is 0 Å². The van der Waals surface area contributed by atoms with Crippen LogP contribution in [-0.4, -0.2) is 48.6 Å². The van der Waals surface area contributed by atoms with Crippen molar-refractivity contribution in [3.63, 3.8) is 0 Å². The molecule has 0 aromatic heterocycles. The molecule has 172 valence electrons. The number of fused-ring (bicyclic) bond motifs is 3. The van der Waals surface area contributed by atoms with Crippen molar-refractivity contribution >= 4 is 17.8 Å². The minimum atomic E-state index is -1.06. The average Bonchev–Trinajstić information content (AvgIpc) is 3.53. The van der Waals surface area contributed by atoms with Gasteiger partial charge in [0.25, 0.3) is 5.91 Å². The van der Waals surface area contributed by atoms with Crippen LogP contribution in [0.1, 0.15) is 75.0 Å². The minimum absolute atomic E-state index is 0.119. The molecule has 1 amide bonds. The molecule has 2 fully saturated rings. The number of hydrogen-bond donors (Lipinski definition) is 1. The first-order valence-electron chi connectivity index (χ1n) is 11.8. The Morgan fingerprint density at radius 2 is 1.97 bits per heavy atom. The maximum Gasteiger partial charge on any atom is 0.326 e. The van der Waals surface area contributed by atoms with Crippen LogP contribution in [-0.2, 0) is 31.0 Å². The second-order valence-corrected chi connectivity index (χ2v) is 10.2. The molecule has 1 aliphatic heterocycles. The Kier molecular flexibility index (Phi) is 5.08. The predicted molar refractivity (Wildman–Crippen MR) is 120 cm³/mol. The maximum absolute atomic E-state index is 14.1. The van der Waals surface area contributed by atoms with Gasteiger partial charge in [0, 0.05) is 12.5 Å². The van der Waals surface area contributed by atoms with E-state index in [1.165, 1.54) is 28.9 Å². The summed E-state index contributed by atoms with van der Waals surface area (Å²) in [5.41, 5.74) is 8.39. The third-order valence-corrected chi connectivity index (χ3v) is 7.86. The number of ether oxygens (including phenoxy) is 2. The third-order valence-electron chi connectivity index (χ3n) is 7.86. The molecule has 1 aromatic rings. The van der Waals surface area contributed by atoms with Gasteiger partial charge in [-0.3, -0.25) is 14.5 Å². The van der Waals surface area contributed by atoms with Crippen molar-refractivity contribution < 1.29 is 19.1 Å². The lowest BCUT2D eigenvalue weighted by molar-refractivity contribution is -0.152. The first-order chi connectivity index (χ1) is 15.3. The number of carbonyl (C=O) groups excluding carboxylic acids is 2. The summed E-state index contributed by atoms with van der Waals surface area (Å²) in [5, 5.41) is 0. The Hall–Kier alpha value is -2.41. The van der Waals surface area contributed by atoms with Crippen LogP contribution in [0.4, 0.5) is 0 Å². The van der Waals surface area contributed by atoms with Gasteiger partial charge in [0.1, 0.15) is 6.54 Å². The molecule has 5 rings (SSSR count). The van der Waals surface area contributed by atoms with Gasteiger partial charge in [0.05, 0.1) is 12.2 Å². The lowest BCUT2D eigenvalue weighted by atomic mass is 9.61. The normalized spacial score (nSPS) is 31.5. The number of rotatable bonds is 5. The van der Waals surface area contributed by atoms with Crippen LogP contribution in [0, 0.1) is 5.41 Å². The molecule has 0 saturated heterocycles. The third kappa shape index (κ3) is 3.16. The van der Waals surface area contributed by atoms with Gasteiger partial charge in [0.15, 0.2) is 11.5 Å². The van der Waals surface area contributed by atoms with Crippen LogP contribution >= 0.6 is 0 Å². The largest absolute Gasteiger partial charge is 0.462 e. The van der Waals surface area contributed by atoms with Gasteiger partial charge in [0.2, 0.25) is 0 Å². The van der Waals surface area contributed by atoms with E-state index >= 15 is 0 Å². The predicted octanol–water partition coefficient (Wildman–Crippen LogP) is 3.00. The van der Waals surface area contributed by atoms with Gasteiger partial charge in [-0.25, -0.2) is 4.99 Å². The molecule has 32 heavy (non-hydrogen) atoms. The van der Waals surface area contributed by atoms with Crippen molar-refractivity contribution in [1.29, 1.82) is 0 Å². The van der Waals surface area contributed by atoms with Crippen molar-refractivity contribution in [1.82, 2.24) is 4.90 Å². The molecule has 1 aromatic carbocycles. The molecule has 0 bridgehead atoms. The highest BCUT2D eigenvalue weighted by Gasteiger charge is 2.66. The second-order valence-electron chi connectivity index (χ2n) is 10.2. The van der Waals surface area contributed by atoms with E-state index in [-0.39, 0.29) is 36.0 Å². The van der Waals surface area contributed by atoms with Crippen LogP contribution < -0.4 is 5.73 Å². The van der Waals surface area contributed by atoms with E-state index in [0.29, 0.717) is 5.92 Å². The first kappa shape index (κ1) is 21.4. The van der Waals surface area contributed by atoms with Gasteiger partial charge in [-0.2, -0.15) is 0 Å². The van der Waals surface area contributed by atoms with Crippen LogP contribution in [0.2, 0.25) is 0 Å². The van der Waals surface area contributed by atoms with Gasteiger partial charge >= 0.3 is 5.97 Å². The number of methoxy groups -OCH3 is 1. The fourth-order valence-corrected chi connectivity index (χ4v) is 6.13. The van der Waals surface area contributed by atoms with Gasteiger partial charge < -0.3 is 15.2 Å². The molecule has 0 radical (unpaired) electrons. The van der Waals surface area contributed by atoms with E-state index in [0.717, 1.165) is 37.7 Å². The second kappa shape index (κ2) is 7.58. The Balaban J connectivity index is 1.56. The van der Waals surface area contributed by atoms with Crippen molar-refractivity contribution in [3.05, 3.63) is 34.9 Å². The number of aliphatic imine (C=N–C) groups is 1. The summed E-state index contributed by atoms with van der Waals surface area (Å²) < 4.78 is 10.9. The van der Waals surface area contributed by atoms with Gasteiger partial charge in [-0.1, -0.05) is 18.2 Å². The Labute approximate surface area is 189 Å². The quantitative estimate of drug-likeness (QED) is 0.712. The lowest BCUT2D eigenvalue weighted by Crippen LogP contribution is -2.53. The molecule has 7 nitrogen and oxygen atoms in total. The fourth-order valence-electron chi connectivity index (χ4n) is 6.13. The molecule has 2 spiro atoms. The number of hydrogen-bond acceptors (Lipinski definition) is 6. The Morgan fingerprint density at radius 1 is 1.25 bits per heavy atom. The van der Waals surface area contributed by atoms with Crippen molar-refractivity contribution in [2.75, 3.05) is 13.7 Å². The molecular weight excluding hydrogens is 406 g/mol. The molecule has 1 heterocycles. The summed E-state index contributed by atoms with van der Waals surface area (Å²) in [7, 11) is 1.75. The van der Waals surface area contributed by atoms with E-state index in [1.807, 2.05) is 0 Å². The van der Waals surface area contributed by atoms with Crippen molar-refractivity contribution in [2.24, 2.45) is 16.1 Å². The van der Waals surface area contributed by atoms with Crippen LogP contribution in [0.3, 0.4) is 0 Å². The number of nitrogens with zero attached hydrogens (tertiary/aromatic N) is 2. The molecule has 4 aliphatic rings. The summed E-state index contributed by atoms with van der Waals surface area (Å²) in [4.78, 5) is 32.8. The Morgan fingerprint density at radius 3 is 2.59 bits per heavy atom. The van der Waals surface area contributed by atoms with Crippen molar-refractivity contribution in [2.45, 2.75) is 82.5 Å². The van der Waals surface area contributed by atoms with Crippen molar-refractivity contribution in [3.8, 4) is 0 Å². The first-order valence-corrected chi connectivity index (χ1v) is 11.8. The lowest BCUT2D eigenvalue weighted by Gasteiger charge is -2.45.